The molecule has 0 radical (unpaired) electrons. The number of hydrogen-bond donors (Lipinski definition) is 2. The maximum absolute atomic E-state index is 12.2. The van der Waals surface area contributed by atoms with Crippen molar-refractivity contribution in [3.05, 3.63) is 17.5 Å². The Labute approximate surface area is 131 Å². The van der Waals surface area contributed by atoms with Crippen LogP contribution in [-0.2, 0) is 4.79 Å². The van der Waals surface area contributed by atoms with Crippen molar-refractivity contribution in [3.63, 3.8) is 0 Å². The van der Waals surface area contributed by atoms with E-state index in [0.29, 0.717) is 31.1 Å². The van der Waals surface area contributed by atoms with Gasteiger partial charge in [-0.1, -0.05) is 33.1 Å². The number of hydrogen-bond acceptors (Lipinski definition) is 3. The Kier molecular flexibility index (Phi) is 5.98. The van der Waals surface area contributed by atoms with Gasteiger partial charge in [0.25, 0.3) is 5.91 Å². The number of amides is 2. The minimum Gasteiger partial charge on any atom is -0.354 e. The third-order valence-corrected chi connectivity index (χ3v) is 4.09. The Bertz CT molecular complexity index is 495. The third-order valence-electron chi connectivity index (χ3n) is 4.09. The average molecular weight is 306 g/mol. The van der Waals surface area contributed by atoms with Crippen LogP contribution in [0.5, 0.6) is 0 Å². The molecule has 2 aliphatic rings. The van der Waals surface area contributed by atoms with Crippen molar-refractivity contribution in [1.29, 1.82) is 0 Å². The van der Waals surface area contributed by atoms with Gasteiger partial charge in [-0.25, -0.2) is 0 Å². The molecule has 2 unspecified atom stereocenters. The fourth-order valence-corrected chi connectivity index (χ4v) is 2.26. The number of H-pyrrole nitrogens is 1. The Morgan fingerprint density at radius 3 is 2.86 bits per heavy atom. The predicted octanol–water partition coefficient (Wildman–Crippen LogP) is 2.05. The van der Waals surface area contributed by atoms with E-state index in [1.807, 2.05) is 6.07 Å². The summed E-state index contributed by atoms with van der Waals surface area (Å²) < 4.78 is 0. The molecule has 1 aliphatic carbocycles. The highest BCUT2D eigenvalue weighted by molar-refractivity contribution is 5.92. The van der Waals surface area contributed by atoms with E-state index in [1.54, 1.807) is 4.90 Å². The van der Waals surface area contributed by atoms with E-state index in [0.717, 1.165) is 18.5 Å². The van der Waals surface area contributed by atoms with Crippen LogP contribution < -0.4 is 5.32 Å². The summed E-state index contributed by atoms with van der Waals surface area (Å²) in [6.07, 6.45) is 6.99. The van der Waals surface area contributed by atoms with E-state index < -0.39 is 0 Å². The Hall–Kier alpha value is -1.85. The first-order valence-corrected chi connectivity index (χ1v) is 8.20. The molecule has 122 valence electrons. The number of rotatable bonds is 5. The fraction of sp³-hybridized carbons (Fsp3) is 0.688. The summed E-state index contributed by atoms with van der Waals surface area (Å²) in [6, 6.07) is 1.89. The Balaban J connectivity index is 0.000000523. The van der Waals surface area contributed by atoms with Crippen molar-refractivity contribution in [1.82, 2.24) is 20.4 Å². The van der Waals surface area contributed by atoms with Gasteiger partial charge >= 0.3 is 0 Å². The monoisotopic (exact) mass is 306 g/mol. The topological polar surface area (TPSA) is 78.1 Å². The van der Waals surface area contributed by atoms with E-state index in [9.17, 15) is 9.59 Å². The van der Waals surface area contributed by atoms with Crippen LogP contribution in [0.4, 0.5) is 0 Å². The molecule has 2 fully saturated rings. The Morgan fingerprint density at radius 1 is 1.55 bits per heavy atom. The largest absolute Gasteiger partial charge is 0.354 e. The van der Waals surface area contributed by atoms with Crippen LogP contribution in [0.1, 0.15) is 68.1 Å². The van der Waals surface area contributed by atoms with Crippen LogP contribution in [0.15, 0.2) is 6.07 Å². The second kappa shape index (κ2) is 7.96. The number of nitrogens with one attached hydrogen (secondary N) is 2. The molecular weight excluding hydrogens is 280 g/mol. The molecule has 1 aromatic heterocycles. The lowest BCUT2D eigenvalue weighted by Crippen LogP contribution is -2.34. The van der Waals surface area contributed by atoms with Crippen molar-refractivity contribution >= 4 is 12.3 Å². The van der Waals surface area contributed by atoms with Crippen molar-refractivity contribution in [3.8, 4) is 0 Å². The van der Waals surface area contributed by atoms with E-state index >= 15 is 0 Å². The number of aromatic amines is 1. The smallest absolute Gasteiger partial charge is 0.274 e. The van der Waals surface area contributed by atoms with Gasteiger partial charge in [0.05, 0.1) is 0 Å². The quantitative estimate of drug-likeness (QED) is 0.817. The molecular formula is C16H26N4O2. The van der Waals surface area contributed by atoms with Crippen molar-refractivity contribution in [2.24, 2.45) is 0 Å². The molecule has 1 aromatic rings. The fourth-order valence-electron chi connectivity index (χ4n) is 2.26. The number of carbonyl (C=O) groups is 2. The zero-order valence-corrected chi connectivity index (χ0v) is 13.5. The van der Waals surface area contributed by atoms with Crippen molar-refractivity contribution < 1.29 is 9.59 Å². The molecule has 1 aliphatic heterocycles. The van der Waals surface area contributed by atoms with Gasteiger partial charge in [-0.2, -0.15) is 5.10 Å². The molecule has 3 rings (SSSR count). The average Bonchev–Trinajstić information content (AvgIpc) is 3.20. The minimum absolute atomic E-state index is 0.0643. The number of likely N-dealkylation sites (tertiary alicyclic amines) is 1. The van der Waals surface area contributed by atoms with Crippen LogP contribution in [0, 0.1) is 0 Å². The molecule has 2 N–H and O–H groups in total. The van der Waals surface area contributed by atoms with E-state index in [4.69, 9.17) is 0 Å². The lowest BCUT2D eigenvalue weighted by atomic mass is 10.1. The highest BCUT2D eigenvalue weighted by Crippen LogP contribution is 2.18. The van der Waals surface area contributed by atoms with Crippen LogP contribution in [0.2, 0.25) is 0 Å². The molecule has 2 amide bonds. The van der Waals surface area contributed by atoms with Crippen LogP contribution in [0.25, 0.3) is 0 Å². The first kappa shape index (κ1) is 16.5. The molecule has 6 nitrogen and oxygen atoms in total. The second-order valence-corrected chi connectivity index (χ2v) is 6.10. The van der Waals surface area contributed by atoms with Gasteiger partial charge in [0.15, 0.2) is 0 Å². The third kappa shape index (κ3) is 4.58. The predicted molar refractivity (Wildman–Crippen MR) is 84.7 cm³/mol. The standard InChI is InChI=1S/C13H20N4O2.C3H6/c1-3-9(2)11-6-12(16-15-11)13(19)17-5-4-10(7-17)14-8-18;1-2-3-1/h6,8-10H,3-5,7H2,1-2H3,(H,14,18)(H,15,16);1-3H2. The molecule has 2 atom stereocenters. The summed E-state index contributed by atoms with van der Waals surface area (Å²) in [5.41, 5.74) is 1.45. The second-order valence-electron chi connectivity index (χ2n) is 6.10. The van der Waals surface area contributed by atoms with Gasteiger partial charge in [-0.3, -0.25) is 14.7 Å². The Morgan fingerprint density at radius 2 is 2.27 bits per heavy atom. The molecule has 0 aromatic carbocycles. The number of nitrogens with zero attached hydrogens (tertiary/aromatic N) is 2. The maximum Gasteiger partial charge on any atom is 0.274 e. The lowest BCUT2D eigenvalue weighted by Gasteiger charge is -2.14. The van der Waals surface area contributed by atoms with E-state index in [2.05, 4.69) is 29.4 Å². The zero-order chi connectivity index (χ0) is 15.9. The highest BCUT2D eigenvalue weighted by Gasteiger charge is 2.28. The summed E-state index contributed by atoms with van der Waals surface area (Å²) in [6.45, 7) is 5.42. The van der Waals surface area contributed by atoms with Gasteiger partial charge in [-0.05, 0) is 24.8 Å². The van der Waals surface area contributed by atoms with Crippen LogP contribution in [0.3, 0.4) is 0 Å². The van der Waals surface area contributed by atoms with Crippen molar-refractivity contribution in [2.75, 3.05) is 13.1 Å². The maximum atomic E-state index is 12.2. The van der Waals surface area contributed by atoms with Gasteiger partial charge in [0.2, 0.25) is 6.41 Å². The van der Waals surface area contributed by atoms with Crippen molar-refractivity contribution in [2.45, 2.75) is 57.9 Å². The van der Waals surface area contributed by atoms with Crippen LogP contribution >= 0.6 is 0 Å². The van der Waals surface area contributed by atoms with Gasteiger partial charge in [0.1, 0.15) is 5.69 Å². The van der Waals surface area contributed by atoms with Gasteiger partial charge in [0, 0.05) is 24.8 Å². The molecule has 0 bridgehead atoms. The van der Waals surface area contributed by atoms with Gasteiger partial charge in [-0.15, -0.1) is 0 Å². The molecule has 1 saturated heterocycles. The summed E-state index contributed by atoms with van der Waals surface area (Å²) >= 11 is 0. The molecule has 1 saturated carbocycles. The first-order chi connectivity index (χ1) is 10.7. The molecule has 22 heavy (non-hydrogen) atoms. The van der Waals surface area contributed by atoms with E-state index in [1.165, 1.54) is 19.3 Å². The normalized spacial score (nSPS) is 20.8. The van der Waals surface area contributed by atoms with Gasteiger partial charge < -0.3 is 10.2 Å². The first-order valence-electron chi connectivity index (χ1n) is 8.20. The highest BCUT2D eigenvalue weighted by atomic mass is 16.2. The zero-order valence-electron chi connectivity index (χ0n) is 13.5. The SMILES string of the molecule is C1CC1.CCC(C)c1cc(C(=O)N2CCC(NC=O)C2)n[nH]1. The summed E-state index contributed by atoms with van der Waals surface area (Å²) in [5, 5.41) is 9.73. The van der Waals surface area contributed by atoms with E-state index in [-0.39, 0.29) is 11.9 Å². The summed E-state index contributed by atoms with van der Waals surface area (Å²) in [4.78, 5) is 24.4. The minimum atomic E-state index is -0.0685. The molecule has 0 spiro atoms. The number of carbonyl (C=O) groups excluding carboxylic acids is 2. The molecule has 2 heterocycles. The van der Waals surface area contributed by atoms with Crippen LogP contribution in [-0.4, -0.2) is 46.5 Å². The number of aromatic nitrogens is 2. The lowest BCUT2D eigenvalue weighted by molar-refractivity contribution is -0.110. The summed E-state index contributed by atoms with van der Waals surface area (Å²) in [5.74, 6) is 0.304. The molecule has 6 heteroatoms. The summed E-state index contributed by atoms with van der Waals surface area (Å²) in [7, 11) is 0.